The molecule has 0 aromatic heterocycles. The van der Waals surface area contributed by atoms with Crippen molar-refractivity contribution < 1.29 is 12.8 Å². The Morgan fingerprint density at radius 3 is 2.50 bits per heavy atom. The molecule has 0 unspecified atom stereocenters. The second kappa shape index (κ2) is 4.72. The van der Waals surface area contributed by atoms with E-state index < -0.39 is 10.0 Å². The van der Waals surface area contributed by atoms with Crippen LogP contribution >= 0.6 is 0 Å². The molecular weight excluding hydrogens is 279 g/mol. The van der Waals surface area contributed by atoms with Gasteiger partial charge in [0.2, 0.25) is 0 Å². The largest absolute Gasteiger partial charge is 0.326 e. The Labute approximate surface area is 116 Å². The molecular formula is C14H11FN2O2S. The van der Waals surface area contributed by atoms with Crippen molar-refractivity contribution in [3.63, 3.8) is 0 Å². The number of anilines is 1. The fourth-order valence-electron chi connectivity index (χ4n) is 2.06. The molecule has 0 saturated heterocycles. The van der Waals surface area contributed by atoms with Crippen molar-refractivity contribution in [2.45, 2.75) is 11.4 Å². The van der Waals surface area contributed by atoms with Gasteiger partial charge in [0.25, 0.3) is 10.0 Å². The van der Waals surface area contributed by atoms with Crippen LogP contribution < -0.4 is 4.90 Å². The Morgan fingerprint density at radius 1 is 1.05 bits per heavy atom. The minimum absolute atomic E-state index is 0.185. The zero-order valence-corrected chi connectivity index (χ0v) is 11.2. The third-order valence-electron chi connectivity index (χ3n) is 3.04. The van der Waals surface area contributed by atoms with E-state index in [-0.39, 0.29) is 10.7 Å². The summed E-state index contributed by atoms with van der Waals surface area (Å²) in [6.07, 6.45) is 1.29. The van der Waals surface area contributed by atoms with Gasteiger partial charge in [-0.05, 0) is 29.8 Å². The SMILES string of the molecule is O=S1(=O)N=CN(Cc2ccc(F)cc2)c2ccccc21. The fraction of sp³-hybridized carbons (Fsp3) is 0.0714. The van der Waals surface area contributed by atoms with Crippen molar-refractivity contribution in [1.29, 1.82) is 0 Å². The minimum Gasteiger partial charge on any atom is -0.326 e. The predicted molar refractivity (Wildman–Crippen MR) is 74.7 cm³/mol. The normalized spacial score (nSPS) is 15.9. The lowest BCUT2D eigenvalue weighted by Crippen LogP contribution is -2.26. The first-order chi connectivity index (χ1) is 9.56. The summed E-state index contributed by atoms with van der Waals surface area (Å²) in [4.78, 5) is 1.91. The summed E-state index contributed by atoms with van der Waals surface area (Å²) in [5, 5.41) is 0. The molecule has 0 atom stereocenters. The van der Waals surface area contributed by atoms with Crippen LogP contribution in [-0.4, -0.2) is 14.8 Å². The molecule has 102 valence electrons. The van der Waals surface area contributed by atoms with Crippen LogP contribution in [-0.2, 0) is 16.6 Å². The molecule has 0 bridgehead atoms. The Hall–Kier alpha value is -2.21. The highest BCUT2D eigenvalue weighted by Gasteiger charge is 2.24. The summed E-state index contributed by atoms with van der Waals surface area (Å²) in [5.74, 6) is -0.302. The number of para-hydroxylation sites is 1. The van der Waals surface area contributed by atoms with Crippen LogP contribution in [0.4, 0.5) is 10.1 Å². The summed E-state index contributed by atoms with van der Waals surface area (Å²) >= 11 is 0. The van der Waals surface area contributed by atoms with E-state index in [4.69, 9.17) is 0 Å². The van der Waals surface area contributed by atoms with Gasteiger partial charge in [0.05, 0.1) is 5.69 Å². The van der Waals surface area contributed by atoms with E-state index in [0.29, 0.717) is 12.2 Å². The Kier molecular flexibility index (Phi) is 3.02. The number of sulfonamides is 1. The molecule has 2 aromatic rings. The molecule has 3 rings (SSSR count). The molecule has 0 amide bonds. The molecule has 1 aliphatic rings. The Bertz CT molecular complexity index is 770. The molecule has 1 heterocycles. The van der Waals surface area contributed by atoms with Crippen LogP contribution in [0.2, 0.25) is 0 Å². The first-order valence-corrected chi connectivity index (χ1v) is 7.41. The van der Waals surface area contributed by atoms with Crippen LogP contribution in [0.15, 0.2) is 57.8 Å². The summed E-state index contributed by atoms with van der Waals surface area (Å²) in [6.45, 7) is 0.427. The molecule has 0 saturated carbocycles. The van der Waals surface area contributed by atoms with Gasteiger partial charge >= 0.3 is 0 Å². The molecule has 0 spiro atoms. The predicted octanol–water partition coefficient (Wildman–Crippen LogP) is 2.56. The highest BCUT2D eigenvalue weighted by Crippen LogP contribution is 2.30. The van der Waals surface area contributed by atoms with Gasteiger partial charge in [0, 0.05) is 6.54 Å². The first kappa shape index (κ1) is 12.8. The van der Waals surface area contributed by atoms with Gasteiger partial charge < -0.3 is 4.90 Å². The number of hydrogen-bond acceptors (Lipinski definition) is 3. The van der Waals surface area contributed by atoms with Crippen LogP contribution in [0.1, 0.15) is 5.56 Å². The maximum Gasteiger partial charge on any atom is 0.285 e. The Balaban J connectivity index is 1.98. The van der Waals surface area contributed by atoms with Gasteiger partial charge in [0.1, 0.15) is 17.1 Å². The van der Waals surface area contributed by atoms with E-state index in [1.807, 2.05) is 0 Å². The second-order valence-electron chi connectivity index (χ2n) is 4.42. The van der Waals surface area contributed by atoms with E-state index in [2.05, 4.69) is 4.40 Å². The number of benzene rings is 2. The van der Waals surface area contributed by atoms with Crippen molar-refractivity contribution >= 4 is 22.0 Å². The van der Waals surface area contributed by atoms with Crippen LogP contribution in [0.3, 0.4) is 0 Å². The fourth-order valence-corrected chi connectivity index (χ4v) is 3.11. The molecule has 2 aromatic carbocycles. The van der Waals surface area contributed by atoms with Crippen molar-refractivity contribution in [3.8, 4) is 0 Å². The maximum atomic E-state index is 12.9. The topological polar surface area (TPSA) is 49.7 Å². The molecule has 20 heavy (non-hydrogen) atoms. The van der Waals surface area contributed by atoms with Crippen molar-refractivity contribution in [2.75, 3.05) is 4.90 Å². The van der Waals surface area contributed by atoms with Crippen molar-refractivity contribution in [2.24, 2.45) is 4.40 Å². The summed E-state index contributed by atoms with van der Waals surface area (Å²) in [5.41, 5.74) is 1.44. The second-order valence-corrected chi connectivity index (χ2v) is 6.02. The van der Waals surface area contributed by atoms with Crippen molar-refractivity contribution in [1.82, 2.24) is 0 Å². The summed E-state index contributed by atoms with van der Waals surface area (Å²) in [7, 11) is -3.61. The highest BCUT2D eigenvalue weighted by molar-refractivity contribution is 7.90. The zero-order chi connectivity index (χ0) is 14.2. The standard InChI is InChI=1S/C14H11FN2O2S/c15-12-7-5-11(6-8-12)9-17-10-16-20(18,19)14-4-2-1-3-13(14)17/h1-8,10H,9H2. The molecule has 4 nitrogen and oxygen atoms in total. The van der Waals surface area contributed by atoms with Gasteiger partial charge in [0.15, 0.2) is 0 Å². The lowest BCUT2D eigenvalue weighted by atomic mass is 10.2. The van der Waals surface area contributed by atoms with Gasteiger partial charge in [-0.3, -0.25) is 0 Å². The molecule has 0 aliphatic carbocycles. The van der Waals surface area contributed by atoms with E-state index in [1.54, 1.807) is 35.2 Å². The van der Waals surface area contributed by atoms with Crippen molar-refractivity contribution in [3.05, 3.63) is 59.9 Å². The summed E-state index contributed by atoms with van der Waals surface area (Å²) in [6, 6.07) is 12.8. The smallest absolute Gasteiger partial charge is 0.285 e. The van der Waals surface area contributed by atoms with Gasteiger partial charge in [-0.2, -0.15) is 8.42 Å². The highest BCUT2D eigenvalue weighted by atomic mass is 32.2. The number of hydrogen-bond donors (Lipinski definition) is 0. The molecule has 6 heteroatoms. The van der Waals surface area contributed by atoms with E-state index in [1.165, 1.54) is 24.5 Å². The zero-order valence-electron chi connectivity index (χ0n) is 10.4. The molecule has 1 aliphatic heterocycles. The monoisotopic (exact) mass is 290 g/mol. The van der Waals surface area contributed by atoms with E-state index in [0.717, 1.165) is 5.56 Å². The molecule has 0 N–H and O–H groups in total. The van der Waals surface area contributed by atoms with Gasteiger partial charge in [-0.25, -0.2) is 4.39 Å². The third kappa shape index (κ3) is 2.30. The lowest BCUT2D eigenvalue weighted by molar-refractivity contribution is 0.597. The third-order valence-corrected chi connectivity index (χ3v) is 4.32. The van der Waals surface area contributed by atoms with Gasteiger partial charge in [-0.1, -0.05) is 24.3 Å². The average molecular weight is 290 g/mol. The summed E-state index contributed by atoms with van der Waals surface area (Å²) < 4.78 is 40.2. The molecule has 0 fully saturated rings. The number of fused-ring (bicyclic) bond motifs is 1. The number of rotatable bonds is 2. The number of nitrogens with zero attached hydrogens (tertiary/aromatic N) is 2. The van der Waals surface area contributed by atoms with Crippen LogP contribution in [0.5, 0.6) is 0 Å². The minimum atomic E-state index is -3.61. The van der Waals surface area contributed by atoms with E-state index in [9.17, 15) is 12.8 Å². The maximum absolute atomic E-state index is 12.9. The Morgan fingerprint density at radius 2 is 1.75 bits per heavy atom. The van der Waals surface area contributed by atoms with Crippen LogP contribution in [0.25, 0.3) is 0 Å². The van der Waals surface area contributed by atoms with Gasteiger partial charge in [-0.15, -0.1) is 4.40 Å². The number of halogens is 1. The van der Waals surface area contributed by atoms with Crippen LogP contribution in [0, 0.1) is 5.82 Å². The quantitative estimate of drug-likeness (QED) is 0.854. The lowest BCUT2D eigenvalue weighted by Gasteiger charge is -2.25. The average Bonchev–Trinajstić information content (AvgIpc) is 2.45. The van der Waals surface area contributed by atoms with E-state index >= 15 is 0 Å². The first-order valence-electron chi connectivity index (χ1n) is 5.97. The molecule has 0 radical (unpaired) electrons.